The van der Waals surface area contributed by atoms with Crippen molar-refractivity contribution in [3.63, 3.8) is 0 Å². The van der Waals surface area contributed by atoms with Gasteiger partial charge in [0, 0.05) is 12.6 Å². The lowest BCUT2D eigenvalue weighted by Gasteiger charge is -2.33. The van der Waals surface area contributed by atoms with Crippen LogP contribution in [0.1, 0.15) is 37.7 Å². The number of likely N-dealkylation sites (tertiary alicyclic amines) is 1. The third kappa shape index (κ3) is 5.05. The summed E-state index contributed by atoms with van der Waals surface area (Å²) >= 11 is 0. The van der Waals surface area contributed by atoms with E-state index in [2.05, 4.69) is 39.4 Å². The van der Waals surface area contributed by atoms with Crippen LogP contribution in [-0.4, -0.2) is 55.0 Å². The van der Waals surface area contributed by atoms with Crippen LogP contribution in [-0.2, 0) is 11.3 Å². The first kappa shape index (κ1) is 17.4. The fourth-order valence-electron chi connectivity index (χ4n) is 3.65. The summed E-state index contributed by atoms with van der Waals surface area (Å²) in [6.07, 6.45) is 6.07. The van der Waals surface area contributed by atoms with E-state index in [4.69, 9.17) is 0 Å². The van der Waals surface area contributed by atoms with Crippen LogP contribution in [0.2, 0.25) is 0 Å². The van der Waals surface area contributed by atoms with Crippen LogP contribution in [0, 0.1) is 5.92 Å². The first-order chi connectivity index (χ1) is 11.8. The maximum atomic E-state index is 12.8. The second-order valence-electron chi connectivity index (χ2n) is 7.35. The Hall–Kier alpha value is -1.39. The highest BCUT2D eigenvalue weighted by atomic mass is 16.2. The average Bonchev–Trinajstić information content (AvgIpc) is 3.45. The molecule has 0 radical (unpaired) electrons. The first-order valence-corrected chi connectivity index (χ1v) is 9.46. The molecule has 1 aromatic carbocycles. The van der Waals surface area contributed by atoms with Crippen molar-refractivity contribution >= 4 is 5.91 Å². The van der Waals surface area contributed by atoms with E-state index >= 15 is 0 Å². The van der Waals surface area contributed by atoms with Gasteiger partial charge in [0.05, 0.1) is 6.54 Å². The number of benzene rings is 1. The van der Waals surface area contributed by atoms with Crippen molar-refractivity contribution in [1.29, 1.82) is 0 Å². The van der Waals surface area contributed by atoms with E-state index in [1.54, 1.807) is 0 Å². The number of piperidine rings is 1. The van der Waals surface area contributed by atoms with Gasteiger partial charge in [-0.3, -0.25) is 9.69 Å². The Balaban J connectivity index is 1.48. The molecule has 0 unspecified atom stereocenters. The molecule has 4 heteroatoms. The monoisotopic (exact) mass is 329 g/mol. The molecule has 2 fully saturated rings. The fraction of sp³-hybridized carbons (Fsp3) is 0.650. The Kier molecular flexibility index (Phi) is 6.27. The van der Waals surface area contributed by atoms with Crippen LogP contribution < -0.4 is 5.32 Å². The predicted molar refractivity (Wildman–Crippen MR) is 97.7 cm³/mol. The molecule has 1 saturated carbocycles. The van der Waals surface area contributed by atoms with Gasteiger partial charge in [-0.25, -0.2) is 0 Å². The van der Waals surface area contributed by atoms with Crippen molar-refractivity contribution in [1.82, 2.24) is 15.1 Å². The number of hydrogen-bond donors (Lipinski definition) is 1. The normalized spacial score (nSPS) is 19.4. The van der Waals surface area contributed by atoms with Crippen molar-refractivity contribution in [3.8, 4) is 0 Å². The second kappa shape index (κ2) is 8.63. The third-order valence-corrected chi connectivity index (χ3v) is 5.37. The molecular formula is C20H31N3O. The molecule has 1 aromatic rings. The molecule has 4 nitrogen and oxygen atoms in total. The zero-order chi connectivity index (χ0) is 16.8. The lowest BCUT2D eigenvalue weighted by molar-refractivity contribution is -0.134. The third-order valence-electron chi connectivity index (χ3n) is 5.37. The van der Waals surface area contributed by atoms with Crippen LogP contribution >= 0.6 is 0 Å². The minimum Gasteiger partial charge on any atom is -0.334 e. The SMILES string of the molecule is CNCCC1CCN(CC(=O)N(Cc2ccccc2)C2CC2)CC1. The van der Waals surface area contributed by atoms with Gasteiger partial charge in [0.15, 0.2) is 0 Å². The van der Waals surface area contributed by atoms with E-state index in [-0.39, 0.29) is 0 Å². The van der Waals surface area contributed by atoms with Crippen LogP contribution in [0.4, 0.5) is 0 Å². The number of carbonyl (C=O) groups excluding carboxylic acids is 1. The van der Waals surface area contributed by atoms with Crippen molar-refractivity contribution in [3.05, 3.63) is 35.9 Å². The van der Waals surface area contributed by atoms with Gasteiger partial charge in [-0.1, -0.05) is 30.3 Å². The predicted octanol–water partition coefficient (Wildman–Crippen LogP) is 2.50. The molecule has 1 aliphatic heterocycles. The lowest BCUT2D eigenvalue weighted by Crippen LogP contribution is -2.44. The molecule has 0 bridgehead atoms. The van der Waals surface area contributed by atoms with Gasteiger partial charge in [-0.15, -0.1) is 0 Å². The molecule has 24 heavy (non-hydrogen) atoms. The number of hydrogen-bond acceptors (Lipinski definition) is 3. The smallest absolute Gasteiger partial charge is 0.237 e. The molecule has 1 N–H and O–H groups in total. The van der Waals surface area contributed by atoms with E-state index in [0.29, 0.717) is 18.5 Å². The Bertz CT molecular complexity index is 507. The molecule has 1 saturated heterocycles. The molecule has 0 atom stereocenters. The molecule has 0 aromatic heterocycles. The Morgan fingerprint density at radius 1 is 1.17 bits per heavy atom. The van der Waals surface area contributed by atoms with E-state index in [9.17, 15) is 4.79 Å². The highest BCUT2D eigenvalue weighted by molar-refractivity contribution is 5.79. The number of rotatable bonds is 8. The zero-order valence-electron chi connectivity index (χ0n) is 14.9. The standard InChI is InChI=1S/C20H31N3O/c1-21-12-9-17-10-13-22(14-11-17)16-20(24)23(19-7-8-19)15-18-5-3-2-4-6-18/h2-6,17,19,21H,7-16H2,1H3. The Morgan fingerprint density at radius 2 is 1.88 bits per heavy atom. The van der Waals surface area contributed by atoms with Crippen LogP contribution in [0.3, 0.4) is 0 Å². The molecule has 0 spiro atoms. The number of carbonyl (C=O) groups is 1. The van der Waals surface area contributed by atoms with Crippen LogP contribution in [0.5, 0.6) is 0 Å². The Labute approximate surface area is 146 Å². The fourth-order valence-corrected chi connectivity index (χ4v) is 3.65. The van der Waals surface area contributed by atoms with Crippen molar-refractivity contribution < 1.29 is 4.79 Å². The highest BCUT2D eigenvalue weighted by Gasteiger charge is 2.33. The lowest BCUT2D eigenvalue weighted by atomic mass is 9.93. The minimum atomic E-state index is 0.315. The second-order valence-corrected chi connectivity index (χ2v) is 7.35. The average molecular weight is 329 g/mol. The quantitative estimate of drug-likeness (QED) is 0.796. The number of nitrogens with one attached hydrogen (secondary N) is 1. The summed E-state index contributed by atoms with van der Waals surface area (Å²) in [6.45, 7) is 4.62. The Morgan fingerprint density at radius 3 is 2.50 bits per heavy atom. The van der Waals surface area contributed by atoms with Crippen LogP contribution in [0.15, 0.2) is 30.3 Å². The summed E-state index contributed by atoms with van der Waals surface area (Å²) in [4.78, 5) is 17.3. The van der Waals surface area contributed by atoms with Crippen molar-refractivity contribution in [2.24, 2.45) is 5.92 Å². The summed E-state index contributed by atoms with van der Waals surface area (Å²) in [5.74, 6) is 1.14. The van der Waals surface area contributed by atoms with E-state index in [0.717, 1.165) is 32.1 Å². The molecule has 1 amide bonds. The molecule has 132 valence electrons. The molecule has 1 aliphatic carbocycles. The summed E-state index contributed by atoms with van der Waals surface area (Å²) in [7, 11) is 2.02. The molecule has 1 heterocycles. The van der Waals surface area contributed by atoms with Crippen LogP contribution in [0.25, 0.3) is 0 Å². The van der Waals surface area contributed by atoms with Gasteiger partial charge in [0.2, 0.25) is 5.91 Å². The number of nitrogens with zero attached hydrogens (tertiary/aromatic N) is 2. The first-order valence-electron chi connectivity index (χ1n) is 9.46. The highest BCUT2D eigenvalue weighted by Crippen LogP contribution is 2.29. The molecule has 2 aliphatic rings. The zero-order valence-corrected chi connectivity index (χ0v) is 14.9. The van der Waals surface area contributed by atoms with Crippen molar-refractivity contribution in [2.75, 3.05) is 33.2 Å². The molecule has 3 rings (SSSR count). The summed E-state index contributed by atoms with van der Waals surface area (Å²) in [5, 5.41) is 3.24. The van der Waals surface area contributed by atoms with E-state index in [1.165, 1.54) is 37.7 Å². The maximum Gasteiger partial charge on any atom is 0.237 e. The summed E-state index contributed by atoms with van der Waals surface area (Å²) in [5.41, 5.74) is 1.24. The number of amides is 1. The maximum absolute atomic E-state index is 12.8. The van der Waals surface area contributed by atoms with Gasteiger partial charge in [-0.05, 0) is 70.3 Å². The van der Waals surface area contributed by atoms with E-state index in [1.807, 2.05) is 13.1 Å². The van der Waals surface area contributed by atoms with Gasteiger partial charge >= 0.3 is 0 Å². The van der Waals surface area contributed by atoms with E-state index < -0.39 is 0 Å². The van der Waals surface area contributed by atoms with Gasteiger partial charge in [0.25, 0.3) is 0 Å². The van der Waals surface area contributed by atoms with Crippen molar-refractivity contribution in [2.45, 2.75) is 44.7 Å². The van der Waals surface area contributed by atoms with Gasteiger partial charge in [0.1, 0.15) is 0 Å². The summed E-state index contributed by atoms with van der Waals surface area (Å²) in [6, 6.07) is 10.9. The minimum absolute atomic E-state index is 0.315. The largest absolute Gasteiger partial charge is 0.334 e. The van der Waals surface area contributed by atoms with Gasteiger partial charge < -0.3 is 10.2 Å². The van der Waals surface area contributed by atoms with Gasteiger partial charge in [-0.2, -0.15) is 0 Å². The molecular weight excluding hydrogens is 298 g/mol. The summed E-state index contributed by atoms with van der Waals surface area (Å²) < 4.78 is 0. The topological polar surface area (TPSA) is 35.6 Å².